The minimum Gasteiger partial charge on any atom is -0.459 e. The average molecular weight is 364 g/mol. The lowest BCUT2D eigenvalue weighted by atomic mass is 10.1. The zero-order valence-corrected chi connectivity index (χ0v) is 15.6. The van der Waals surface area contributed by atoms with Crippen LogP contribution in [0.4, 0.5) is 0 Å². The van der Waals surface area contributed by atoms with Crippen LogP contribution in [0.3, 0.4) is 0 Å². The molecule has 0 bridgehead atoms. The third-order valence-electron chi connectivity index (χ3n) is 4.88. The molecule has 1 aliphatic rings. The van der Waals surface area contributed by atoms with E-state index in [0.29, 0.717) is 6.42 Å². The first-order chi connectivity index (χ1) is 11.8. The summed E-state index contributed by atoms with van der Waals surface area (Å²) in [4.78, 5) is 14.2. The second-order valence-electron chi connectivity index (χ2n) is 6.85. The summed E-state index contributed by atoms with van der Waals surface area (Å²) in [5.74, 6) is 0.951. The standard InChI is InChI=1S/C18H24N2O4S/c1-12-15-6-4-5-7-16(15)24-18(12)13(2)19-17(21)10-20(3)14-8-9-25(22,23)11-14/h4-7,13-14H,8-11H2,1-3H3,(H,19,21). The molecule has 2 heterocycles. The molecule has 0 aliphatic carbocycles. The first-order valence-corrected chi connectivity index (χ1v) is 10.3. The van der Waals surface area contributed by atoms with Gasteiger partial charge in [-0.1, -0.05) is 18.2 Å². The van der Waals surface area contributed by atoms with Gasteiger partial charge in [0.1, 0.15) is 11.3 Å². The number of amides is 1. The van der Waals surface area contributed by atoms with Gasteiger partial charge >= 0.3 is 0 Å². The van der Waals surface area contributed by atoms with Gasteiger partial charge in [0.25, 0.3) is 0 Å². The summed E-state index contributed by atoms with van der Waals surface area (Å²) in [6, 6.07) is 7.46. The number of nitrogens with zero attached hydrogens (tertiary/aromatic N) is 1. The smallest absolute Gasteiger partial charge is 0.234 e. The molecule has 1 amide bonds. The van der Waals surface area contributed by atoms with Gasteiger partial charge in [-0.05, 0) is 33.4 Å². The summed E-state index contributed by atoms with van der Waals surface area (Å²) in [6.07, 6.45) is 0.588. The third kappa shape index (κ3) is 3.88. The lowest BCUT2D eigenvalue weighted by molar-refractivity contribution is -0.123. The van der Waals surface area contributed by atoms with Gasteiger partial charge in [0.05, 0.1) is 24.1 Å². The number of para-hydroxylation sites is 1. The van der Waals surface area contributed by atoms with E-state index in [1.165, 1.54) is 0 Å². The molecule has 6 nitrogen and oxygen atoms in total. The highest BCUT2D eigenvalue weighted by Crippen LogP contribution is 2.29. The monoisotopic (exact) mass is 364 g/mol. The molecule has 2 atom stereocenters. The Labute approximate surface area is 148 Å². The van der Waals surface area contributed by atoms with E-state index in [9.17, 15) is 13.2 Å². The minimum absolute atomic E-state index is 0.0843. The number of benzene rings is 1. The van der Waals surface area contributed by atoms with E-state index >= 15 is 0 Å². The third-order valence-corrected chi connectivity index (χ3v) is 6.63. The molecule has 1 N–H and O–H groups in total. The van der Waals surface area contributed by atoms with Crippen LogP contribution in [0.2, 0.25) is 0 Å². The molecule has 2 unspecified atom stereocenters. The van der Waals surface area contributed by atoms with Gasteiger partial charge in [0.2, 0.25) is 5.91 Å². The van der Waals surface area contributed by atoms with Crippen molar-refractivity contribution >= 4 is 26.7 Å². The fourth-order valence-corrected chi connectivity index (χ4v) is 5.24. The summed E-state index contributed by atoms with van der Waals surface area (Å²) < 4.78 is 29.0. The van der Waals surface area contributed by atoms with Crippen molar-refractivity contribution in [1.29, 1.82) is 0 Å². The van der Waals surface area contributed by atoms with Gasteiger partial charge < -0.3 is 9.73 Å². The predicted molar refractivity (Wildman–Crippen MR) is 97.2 cm³/mol. The summed E-state index contributed by atoms with van der Waals surface area (Å²) in [6.45, 7) is 4.05. The van der Waals surface area contributed by atoms with Gasteiger partial charge in [-0.2, -0.15) is 0 Å². The second-order valence-corrected chi connectivity index (χ2v) is 9.08. The second kappa shape index (κ2) is 6.80. The van der Waals surface area contributed by atoms with E-state index in [2.05, 4.69) is 5.32 Å². The van der Waals surface area contributed by atoms with E-state index in [1.54, 1.807) is 7.05 Å². The van der Waals surface area contributed by atoms with Crippen LogP contribution in [0.15, 0.2) is 28.7 Å². The molecule has 2 aromatic rings. The molecule has 0 spiro atoms. The lowest BCUT2D eigenvalue weighted by Gasteiger charge is -2.23. The van der Waals surface area contributed by atoms with E-state index in [4.69, 9.17) is 4.42 Å². The number of aryl methyl sites for hydroxylation is 1. The number of rotatable bonds is 5. The van der Waals surface area contributed by atoms with Crippen molar-refractivity contribution in [3.8, 4) is 0 Å². The highest BCUT2D eigenvalue weighted by Gasteiger charge is 2.31. The summed E-state index contributed by atoms with van der Waals surface area (Å²) in [5, 5.41) is 4.00. The SMILES string of the molecule is Cc1c(C(C)NC(=O)CN(C)C2CCS(=O)(=O)C2)oc2ccccc12. The van der Waals surface area contributed by atoms with Gasteiger partial charge in [-0.3, -0.25) is 9.69 Å². The maximum Gasteiger partial charge on any atom is 0.234 e. The fraction of sp³-hybridized carbons (Fsp3) is 0.500. The van der Waals surface area contributed by atoms with Gasteiger partial charge in [-0.25, -0.2) is 8.42 Å². The normalized spacial score (nSPS) is 20.9. The number of likely N-dealkylation sites (N-methyl/N-ethyl adjacent to an activating group) is 1. The largest absolute Gasteiger partial charge is 0.459 e. The van der Waals surface area contributed by atoms with Crippen molar-refractivity contribution in [2.75, 3.05) is 25.1 Å². The molecule has 1 fully saturated rings. The highest BCUT2D eigenvalue weighted by molar-refractivity contribution is 7.91. The molecular weight excluding hydrogens is 340 g/mol. The van der Waals surface area contributed by atoms with Gasteiger partial charge in [-0.15, -0.1) is 0 Å². The summed E-state index contributed by atoms with van der Waals surface area (Å²) in [5.41, 5.74) is 1.84. The van der Waals surface area contributed by atoms with Crippen LogP contribution >= 0.6 is 0 Å². The van der Waals surface area contributed by atoms with Crippen molar-refractivity contribution in [1.82, 2.24) is 10.2 Å². The van der Waals surface area contributed by atoms with Crippen molar-refractivity contribution in [2.45, 2.75) is 32.4 Å². The number of carbonyl (C=O) groups excluding carboxylic acids is 1. The number of hydrogen-bond donors (Lipinski definition) is 1. The molecule has 0 saturated carbocycles. The molecule has 1 aromatic carbocycles. The number of hydrogen-bond acceptors (Lipinski definition) is 5. The number of sulfone groups is 1. The van der Waals surface area contributed by atoms with Crippen LogP contribution in [0.25, 0.3) is 11.0 Å². The molecule has 25 heavy (non-hydrogen) atoms. The molecule has 1 saturated heterocycles. The molecule has 1 aromatic heterocycles. The number of nitrogens with one attached hydrogen (secondary N) is 1. The van der Waals surface area contributed by atoms with Crippen molar-refractivity contribution in [2.24, 2.45) is 0 Å². The van der Waals surface area contributed by atoms with E-state index < -0.39 is 9.84 Å². The predicted octanol–water partition coefficient (Wildman–Crippen LogP) is 2.04. The maximum atomic E-state index is 12.3. The van der Waals surface area contributed by atoms with Crippen molar-refractivity contribution < 1.29 is 17.6 Å². The van der Waals surface area contributed by atoms with Crippen LogP contribution in [0, 0.1) is 6.92 Å². The van der Waals surface area contributed by atoms with E-state index in [-0.39, 0.29) is 36.0 Å². The van der Waals surface area contributed by atoms with Crippen LogP contribution in [0.1, 0.15) is 30.7 Å². The molecule has 1 aliphatic heterocycles. The fourth-order valence-electron chi connectivity index (χ4n) is 3.44. The Morgan fingerprint density at radius 1 is 1.40 bits per heavy atom. The summed E-state index contributed by atoms with van der Waals surface area (Å²) >= 11 is 0. The van der Waals surface area contributed by atoms with Crippen LogP contribution < -0.4 is 5.32 Å². The number of fused-ring (bicyclic) bond motifs is 1. The lowest BCUT2D eigenvalue weighted by Crippen LogP contribution is -2.41. The average Bonchev–Trinajstić information content (AvgIpc) is 3.08. The molecular formula is C18H24N2O4S. The Hall–Kier alpha value is -1.86. The zero-order chi connectivity index (χ0) is 18.2. The molecule has 3 rings (SSSR count). The Kier molecular flexibility index (Phi) is 4.88. The zero-order valence-electron chi connectivity index (χ0n) is 14.8. The Morgan fingerprint density at radius 3 is 2.76 bits per heavy atom. The molecule has 7 heteroatoms. The molecule has 0 radical (unpaired) electrons. The van der Waals surface area contributed by atoms with Crippen molar-refractivity contribution in [3.63, 3.8) is 0 Å². The number of carbonyl (C=O) groups is 1. The molecule has 136 valence electrons. The van der Waals surface area contributed by atoms with E-state index in [1.807, 2.05) is 43.0 Å². The minimum atomic E-state index is -2.95. The van der Waals surface area contributed by atoms with Crippen molar-refractivity contribution in [3.05, 3.63) is 35.6 Å². The maximum absolute atomic E-state index is 12.3. The topological polar surface area (TPSA) is 79.6 Å². The quantitative estimate of drug-likeness (QED) is 0.878. The number of furan rings is 1. The summed E-state index contributed by atoms with van der Waals surface area (Å²) in [7, 11) is -1.16. The Morgan fingerprint density at radius 2 is 2.12 bits per heavy atom. The first-order valence-electron chi connectivity index (χ1n) is 8.45. The Bertz CT molecular complexity index is 888. The van der Waals surface area contributed by atoms with Gasteiger partial charge in [0.15, 0.2) is 9.84 Å². The van der Waals surface area contributed by atoms with Crippen LogP contribution in [-0.4, -0.2) is 50.4 Å². The van der Waals surface area contributed by atoms with Crippen LogP contribution in [-0.2, 0) is 14.6 Å². The highest BCUT2D eigenvalue weighted by atomic mass is 32.2. The Balaban J connectivity index is 1.63. The van der Waals surface area contributed by atoms with Gasteiger partial charge in [0, 0.05) is 17.0 Å². The van der Waals surface area contributed by atoms with Crippen LogP contribution in [0.5, 0.6) is 0 Å². The first kappa shape index (κ1) is 17.9. The van der Waals surface area contributed by atoms with E-state index in [0.717, 1.165) is 22.3 Å².